The first kappa shape index (κ1) is 13.2. The quantitative estimate of drug-likeness (QED) is 0.749. The highest BCUT2D eigenvalue weighted by atomic mass is 35.5. The second-order valence-electron chi connectivity index (χ2n) is 3.81. The van der Waals surface area contributed by atoms with Gasteiger partial charge >= 0.3 is 0 Å². The standard InChI is InChI=1S/C14H13Cl2NO/c1-2-10-8-12(6-7-13(10)16)18-14-5-3-4-11(9-15)17-14/h3-8H,2,9H2,1H3. The van der Waals surface area contributed by atoms with Crippen molar-refractivity contribution in [3.8, 4) is 11.6 Å². The smallest absolute Gasteiger partial charge is 0.219 e. The molecular formula is C14H13Cl2NO. The maximum atomic E-state index is 6.06. The van der Waals surface area contributed by atoms with Gasteiger partial charge in [-0.1, -0.05) is 24.6 Å². The molecule has 94 valence electrons. The molecule has 0 aliphatic heterocycles. The molecule has 18 heavy (non-hydrogen) atoms. The van der Waals surface area contributed by atoms with Crippen molar-refractivity contribution in [2.24, 2.45) is 0 Å². The highest BCUT2D eigenvalue weighted by Gasteiger charge is 2.04. The zero-order chi connectivity index (χ0) is 13.0. The fourth-order valence-corrected chi connectivity index (χ4v) is 2.00. The van der Waals surface area contributed by atoms with E-state index in [0.717, 1.165) is 28.5 Å². The summed E-state index contributed by atoms with van der Waals surface area (Å²) >= 11 is 11.8. The van der Waals surface area contributed by atoms with Crippen LogP contribution in [-0.4, -0.2) is 4.98 Å². The van der Waals surface area contributed by atoms with E-state index in [4.69, 9.17) is 27.9 Å². The molecule has 0 radical (unpaired) electrons. The SMILES string of the molecule is CCc1cc(Oc2cccc(CCl)n2)ccc1Cl. The molecule has 0 fully saturated rings. The lowest BCUT2D eigenvalue weighted by Gasteiger charge is -2.08. The Morgan fingerprint density at radius 1 is 1.22 bits per heavy atom. The minimum Gasteiger partial charge on any atom is -0.439 e. The highest BCUT2D eigenvalue weighted by Crippen LogP contribution is 2.26. The highest BCUT2D eigenvalue weighted by molar-refractivity contribution is 6.31. The van der Waals surface area contributed by atoms with Crippen LogP contribution in [0.25, 0.3) is 0 Å². The number of hydrogen-bond acceptors (Lipinski definition) is 2. The minimum absolute atomic E-state index is 0.373. The third-order valence-electron chi connectivity index (χ3n) is 2.54. The predicted octanol–water partition coefficient (Wildman–Crippen LogP) is 4.83. The Morgan fingerprint density at radius 2 is 2.06 bits per heavy atom. The number of nitrogens with zero attached hydrogens (tertiary/aromatic N) is 1. The number of aromatic nitrogens is 1. The Morgan fingerprint density at radius 3 is 2.78 bits per heavy atom. The van der Waals surface area contributed by atoms with Crippen molar-refractivity contribution in [2.75, 3.05) is 0 Å². The largest absolute Gasteiger partial charge is 0.439 e. The molecule has 0 spiro atoms. The van der Waals surface area contributed by atoms with Crippen molar-refractivity contribution in [1.29, 1.82) is 0 Å². The van der Waals surface area contributed by atoms with Crippen LogP contribution >= 0.6 is 23.2 Å². The Balaban J connectivity index is 2.22. The Bertz CT molecular complexity index is 543. The van der Waals surface area contributed by atoms with Crippen LogP contribution in [0.15, 0.2) is 36.4 Å². The van der Waals surface area contributed by atoms with Crippen LogP contribution in [0.5, 0.6) is 11.6 Å². The Hall–Kier alpha value is -1.25. The Kier molecular flexibility index (Phi) is 4.45. The summed E-state index contributed by atoms with van der Waals surface area (Å²) in [7, 11) is 0. The number of halogens is 2. The molecule has 0 amide bonds. The lowest BCUT2D eigenvalue weighted by molar-refractivity contribution is 0.461. The van der Waals surface area contributed by atoms with E-state index in [9.17, 15) is 0 Å². The van der Waals surface area contributed by atoms with Gasteiger partial charge in [0.05, 0.1) is 11.6 Å². The lowest BCUT2D eigenvalue weighted by atomic mass is 10.1. The van der Waals surface area contributed by atoms with Crippen LogP contribution in [-0.2, 0) is 12.3 Å². The maximum absolute atomic E-state index is 6.06. The number of benzene rings is 1. The summed E-state index contributed by atoms with van der Waals surface area (Å²) < 4.78 is 5.69. The van der Waals surface area contributed by atoms with Crippen molar-refractivity contribution in [3.05, 3.63) is 52.7 Å². The number of alkyl halides is 1. The second kappa shape index (κ2) is 6.07. The molecule has 0 bridgehead atoms. The average Bonchev–Trinajstić information content (AvgIpc) is 2.41. The monoisotopic (exact) mass is 281 g/mol. The summed E-state index contributed by atoms with van der Waals surface area (Å²) in [6.07, 6.45) is 0.866. The predicted molar refractivity (Wildman–Crippen MR) is 74.7 cm³/mol. The van der Waals surface area contributed by atoms with Crippen LogP contribution < -0.4 is 4.74 Å². The Labute approximate surface area is 117 Å². The summed E-state index contributed by atoms with van der Waals surface area (Å²) in [6.45, 7) is 2.05. The van der Waals surface area contributed by atoms with Crippen molar-refractivity contribution in [2.45, 2.75) is 19.2 Å². The van der Waals surface area contributed by atoms with E-state index in [2.05, 4.69) is 11.9 Å². The van der Waals surface area contributed by atoms with Gasteiger partial charge in [-0.3, -0.25) is 0 Å². The van der Waals surface area contributed by atoms with Gasteiger partial charge in [-0.05, 0) is 36.2 Å². The first-order valence-corrected chi connectivity index (χ1v) is 6.62. The van der Waals surface area contributed by atoms with Crippen molar-refractivity contribution in [1.82, 2.24) is 4.98 Å². The molecule has 0 aliphatic carbocycles. The molecule has 0 atom stereocenters. The molecular weight excluding hydrogens is 269 g/mol. The summed E-state index contributed by atoms with van der Waals surface area (Å²) in [4.78, 5) is 4.28. The van der Waals surface area contributed by atoms with Gasteiger partial charge < -0.3 is 4.74 Å². The van der Waals surface area contributed by atoms with Gasteiger partial charge in [0.2, 0.25) is 5.88 Å². The molecule has 1 aromatic heterocycles. The van der Waals surface area contributed by atoms with Gasteiger partial charge in [-0.15, -0.1) is 11.6 Å². The minimum atomic E-state index is 0.373. The fourth-order valence-electron chi connectivity index (χ4n) is 1.60. The second-order valence-corrected chi connectivity index (χ2v) is 4.48. The van der Waals surface area contributed by atoms with E-state index >= 15 is 0 Å². The van der Waals surface area contributed by atoms with E-state index < -0.39 is 0 Å². The third kappa shape index (κ3) is 3.15. The van der Waals surface area contributed by atoms with Crippen LogP contribution in [0.1, 0.15) is 18.2 Å². The molecule has 0 unspecified atom stereocenters. The van der Waals surface area contributed by atoms with Gasteiger partial charge in [-0.2, -0.15) is 0 Å². The van der Waals surface area contributed by atoms with Crippen molar-refractivity contribution < 1.29 is 4.74 Å². The molecule has 1 aromatic carbocycles. The number of hydrogen-bond donors (Lipinski definition) is 0. The molecule has 0 aliphatic rings. The lowest BCUT2D eigenvalue weighted by Crippen LogP contribution is -1.92. The van der Waals surface area contributed by atoms with Crippen molar-refractivity contribution in [3.63, 3.8) is 0 Å². The topological polar surface area (TPSA) is 22.1 Å². The summed E-state index contributed by atoms with van der Waals surface area (Å²) in [5, 5.41) is 0.757. The first-order chi connectivity index (χ1) is 8.72. The summed E-state index contributed by atoms with van der Waals surface area (Å²) in [5.41, 5.74) is 1.85. The van der Waals surface area contributed by atoms with Gasteiger partial charge in [0, 0.05) is 11.1 Å². The molecule has 2 nitrogen and oxygen atoms in total. The van der Waals surface area contributed by atoms with Gasteiger partial charge in [0.25, 0.3) is 0 Å². The van der Waals surface area contributed by atoms with E-state index in [0.29, 0.717) is 11.8 Å². The average molecular weight is 282 g/mol. The van der Waals surface area contributed by atoms with E-state index in [1.54, 1.807) is 6.07 Å². The molecule has 0 N–H and O–H groups in total. The van der Waals surface area contributed by atoms with Crippen LogP contribution in [0, 0.1) is 0 Å². The zero-order valence-electron chi connectivity index (χ0n) is 9.99. The molecule has 2 rings (SSSR count). The summed E-state index contributed by atoms with van der Waals surface area (Å²) in [5.74, 6) is 1.64. The molecule has 0 saturated heterocycles. The van der Waals surface area contributed by atoms with Crippen LogP contribution in [0.4, 0.5) is 0 Å². The van der Waals surface area contributed by atoms with Gasteiger partial charge in [0.15, 0.2) is 0 Å². The molecule has 2 aromatic rings. The number of pyridine rings is 1. The third-order valence-corrected chi connectivity index (χ3v) is 3.18. The van der Waals surface area contributed by atoms with E-state index in [1.165, 1.54) is 0 Å². The molecule has 0 saturated carbocycles. The van der Waals surface area contributed by atoms with Crippen LogP contribution in [0.2, 0.25) is 5.02 Å². The fraction of sp³-hybridized carbons (Fsp3) is 0.214. The van der Waals surface area contributed by atoms with E-state index in [-0.39, 0.29) is 0 Å². The molecule has 1 heterocycles. The van der Waals surface area contributed by atoms with Gasteiger partial charge in [0.1, 0.15) is 5.75 Å². The molecule has 4 heteroatoms. The number of aryl methyl sites for hydroxylation is 1. The summed E-state index contributed by atoms with van der Waals surface area (Å²) in [6, 6.07) is 11.1. The van der Waals surface area contributed by atoms with Gasteiger partial charge in [-0.25, -0.2) is 4.98 Å². The van der Waals surface area contributed by atoms with E-state index in [1.807, 2.05) is 30.3 Å². The first-order valence-electron chi connectivity index (χ1n) is 5.71. The zero-order valence-corrected chi connectivity index (χ0v) is 11.5. The normalized spacial score (nSPS) is 10.4. The number of rotatable bonds is 4. The van der Waals surface area contributed by atoms with Crippen molar-refractivity contribution >= 4 is 23.2 Å². The number of ether oxygens (including phenoxy) is 1. The van der Waals surface area contributed by atoms with Crippen LogP contribution in [0.3, 0.4) is 0 Å². The maximum Gasteiger partial charge on any atom is 0.219 e.